The highest BCUT2D eigenvalue weighted by Crippen LogP contribution is 2.47. The fourth-order valence-electron chi connectivity index (χ4n) is 18.6. The number of hydrogen-bond donors (Lipinski definition) is 8. The number of carbonyl (C=O) groups is 3. The molecule has 17 aliphatic heterocycles. The maximum Gasteiger partial charge on any atom is 0.305 e. The molecule has 17 aliphatic rings. The highest BCUT2D eigenvalue weighted by molar-refractivity contribution is 7.80. The van der Waals surface area contributed by atoms with Crippen LogP contribution in [0.25, 0.3) is 0 Å². The Labute approximate surface area is 846 Å². The maximum atomic E-state index is 13.4. The monoisotopic (exact) mass is 2090 g/mol. The van der Waals surface area contributed by atoms with Crippen molar-refractivity contribution in [2.24, 2.45) is 0 Å². The number of epoxide rings is 1. The van der Waals surface area contributed by atoms with Crippen molar-refractivity contribution in [2.75, 3.05) is 46.5 Å². The number of aliphatic hydroxyl groups excluding tert-OH is 7. The van der Waals surface area contributed by atoms with Crippen LogP contribution < -0.4 is 0 Å². The van der Waals surface area contributed by atoms with Gasteiger partial charge in [-0.25, -0.2) is 26.9 Å². The number of imidazole rings is 1. The summed E-state index contributed by atoms with van der Waals surface area (Å²) in [5.41, 5.74) is -4.67. The molecule has 17 saturated heterocycles. The van der Waals surface area contributed by atoms with Gasteiger partial charge in [0.15, 0.2) is 83.7 Å². The van der Waals surface area contributed by atoms with E-state index in [2.05, 4.69) is 32.7 Å². The van der Waals surface area contributed by atoms with Crippen molar-refractivity contribution >= 4 is 35.1 Å². The summed E-state index contributed by atoms with van der Waals surface area (Å²) in [6.07, 6.45) is 10.7. The van der Waals surface area contributed by atoms with E-state index >= 15 is 0 Å². The number of halogens is 5. The van der Waals surface area contributed by atoms with Gasteiger partial charge in [0, 0.05) is 84.0 Å². The zero-order valence-electron chi connectivity index (χ0n) is 88.8. The highest BCUT2D eigenvalue weighted by Gasteiger charge is 2.60. The van der Waals surface area contributed by atoms with Crippen LogP contribution in [0.5, 0.6) is 0 Å². The first-order chi connectivity index (χ1) is 67.0. The Kier molecular flexibility index (Phi) is 50.0. The van der Waals surface area contributed by atoms with Gasteiger partial charge in [0.1, 0.15) is 86.4 Å². The lowest BCUT2D eigenvalue weighted by Crippen LogP contribution is -2.38. The van der Waals surface area contributed by atoms with Gasteiger partial charge in [-0.3, -0.25) is 19.0 Å². The molecular weight excluding hydrogens is 1920 g/mol. The Morgan fingerprint density at radius 2 is 0.874 bits per heavy atom. The van der Waals surface area contributed by atoms with E-state index in [1.54, 1.807) is 57.9 Å². The third-order valence-corrected chi connectivity index (χ3v) is 28.0. The van der Waals surface area contributed by atoms with Crippen LogP contribution in [0.2, 0.25) is 0 Å². The van der Waals surface area contributed by atoms with E-state index in [4.69, 9.17) is 146 Å². The lowest BCUT2D eigenvalue weighted by Gasteiger charge is -2.25. The summed E-state index contributed by atoms with van der Waals surface area (Å²) in [6.45, 7) is 45.9. The molecular formula is C100H173F5N2O35S. The number of alkyl halides is 5. The van der Waals surface area contributed by atoms with Crippen LogP contribution in [0.4, 0.5) is 22.0 Å². The average molecular weight is 2090 g/mol. The van der Waals surface area contributed by atoms with Gasteiger partial charge in [-0.05, 0) is 174 Å². The summed E-state index contributed by atoms with van der Waals surface area (Å²) in [4.78, 5) is 36.4. The lowest BCUT2D eigenvalue weighted by molar-refractivity contribution is -0.218. The molecule has 0 radical (unpaired) electrons. The second-order valence-electron chi connectivity index (χ2n) is 41.1. The number of nitrogens with zero attached hydrogens (tertiary/aromatic N) is 2. The van der Waals surface area contributed by atoms with Crippen molar-refractivity contribution in [2.45, 2.75) is 550 Å². The molecule has 18 heterocycles. The number of hydrogen-bond acceptors (Lipinski definition) is 37. The zero-order valence-corrected chi connectivity index (χ0v) is 89.6. The SMILES string of the molecule is CC1(C)OC2[C@@H](O[C@H](CO)[C@@H]2O)O1.CC[C@@H]1CC(=O)[C@H](C)O1.CC[C@@H]1CC(F)(CF)[C@H](C)O1.CC[C@@H]1CC(O)(CF)[C@H](C)O1.CC[C@@H]1CC(O)[C@H](C)O1.CC[C@@H]1CC(OC(C)=O)[C@H](OC(C)=O)O1.CC[C@@H]1CC2(CO2)[C@H](C)O1.CC[C@@H]1CC2OC(C)(C)O[C@@H]2O1.CC[C@H]1O[C@H]2OC(C)(C)OC2[C@H]1O.CC[C@H]1O[C@H]2OC(C)(C)OC2[C@H]1OC(=S)n1ccnc1.C[C@@H]1O[C@H](CO)CC1(F)CF.C[C@@H]1O[C@H](CO)CC1O. The Hall–Kier alpha value is -3.80. The van der Waals surface area contributed by atoms with Gasteiger partial charge in [0.05, 0.1) is 136 Å². The molecule has 0 bridgehead atoms. The van der Waals surface area contributed by atoms with Gasteiger partial charge >= 0.3 is 11.9 Å². The summed E-state index contributed by atoms with van der Waals surface area (Å²) in [5.74, 6) is -3.03. The minimum absolute atomic E-state index is 0.0151. The predicted octanol–water partition coefficient (Wildman–Crippen LogP) is 11.5. The molecule has 43 heteroatoms. The first kappa shape index (κ1) is 126. The number of aromatic nitrogens is 2. The molecule has 18 rings (SSSR count). The molecule has 11 unspecified atom stereocenters. The Bertz CT molecular complexity index is 3680. The van der Waals surface area contributed by atoms with Crippen LogP contribution in [0.15, 0.2) is 18.7 Å². The normalized spacial score (nSPS) is 42.2. The standard InChI is InChI=1S/C13H18N2O4S.C10H16O5.C9H16O4.C9H16O3.C8H14F2O.C8H15FO2.C8H14O5.C8H14O2.C7H12F2O2.C7H14O2.C7H12O2.C6H12O3/c1-4-8-9(17-12(20)15-6-5-14-7-15)10-11(16-8)19-13(2,3)18-10;1-4-8-5-9(13-6(2)11)10(15-8)14-7(3)12;1-4-5-6(10)7-8(11-5)13-9(2,3)12-7;1-4-6-5-7-8(10-6)12-9(2,3)11-7;2*1-3-7-4-8(10,5-9)6(2)11-7;1-8(2)12-6-5(10)4(3-9)11-7(6)13-8;1-3-7-4-8(5-9-8)6(2)10-7;1-5-7(9,4-8)2-6(3-10)11-5;2*1-3-6-4-7(8)5(2)9-6;1-4-6(8)2-5(3-7)9-4/h5-11H,4H2,1-3H3;8-10H,4-5H2,1-3H3;5-8,10H,4H2,1-3H3;6-8H,4-5H2,1-3H3;6-7H,3-5H2,1-2H3;6-7,10H,3-5H2,1-2H3;4-7,9-10H,3H2,1-2H3;6-7H,3-5H2,1-2H3;5-6,10H,2-4H2,1H3;5-8H,3-4H2,1-2H3;5-6H,3-4H2,1-2H3;4-8H,2-3H2,1H3/t8-,9+,10?,11+;8-,9?,10-;5-,6+,7?,8+;6-,7?,8+;2*6-,7+,8?;4-,5+,6?,7+;6-,7+,8?;5-,6-,7?;5-,6+,7?;5-,6+;4-,5-,6?/m111100100000/s1. The molecule has 1 spiro atoms. The van der Waals surface area contributed by atoms with E-state index < -0.39 is 146 Å². The molecule has 1 aromatic heterocycles. The van der Waals surface area contributed by atoms with Gasteiger partial charge in [0.25, 0.3) is 5.17 Å². The molecule has 0 amide bonds. The topological polar surface area (TPSA) is 456 Å². The number of ether oxygens (including phenoxy) is 24. The smallest absolute Gasteiger partial charge is 0.305 e. The second-order valence-corrected chi connectivity index (χ2v) is 41.4. The van der Waals surface area contributed by atoms with Crippen LogP contribution in [0.1, 0.15) is 296 Å². The molecule has 0 aliphatic carbocycles. The Morgan fingerprint density at radius 1 is 0.448 bits per heavy atom. The van der Waals surface area contributed by atoms with E-state index in [1.807, 2.05) is 96.9 Å². The van der Waals surface area contributed by atoms with Crippen LogP contribution in [0, 0.1) is 0 Å². The van der Waals surface area contributed by atoms with Crippen LogP contribution >= 0.6 is 12.2 Å². The predicted molar refractivity (Wildman–Crippen MR) is 510 cm³/mol. The Balaban J connectivity index is 0.000000213. The van der Waals surface area contributed by atoms with Crippen molar-refractivity contribution in [3.05, 3.63) is 18.7 Å². The summed E-state index contributed by atoms with van der Waals surface area (Å²) in [6, 6.07) is 0. The van der Waals surface area contributed by atoms with Crippen molar-refractivity contribution < 1.29 is 191 Å². The second kappa shape index (κ2) is 56.7. The van der Waals surface area contributed by atoms with Crippen LogP contribution in [-0.2, 0) is 128 Å². The van der Waals surface area contributed by atoms with Gasteiger partial charge in [-0.2, -0.15) is 0 Å². The number of carbonyl (C=O) groups excluding carboxylic acids is 3. The largest absolute Gasteiger partial charge is 0.461 e. The quantitative estimate of drug-likeness (QED) is 0.0293. The van der Waals surface area contributed by atoms with Gasteiger partial charge < -0.3 is 155 Å². The van der Waals surface area contributed by atoms with E-state index in [9.17, 15) is 56.8 Å². The summed E-state index contributed by atoms with van der Waals surface area (Å²) in [7, 11) is 0. The molecule has 37 nitrogen and oxygen atoms in total. The van der Waals surface area contributed by atoms with Crippen molar-refractivity contribution in [3.63, 3.8) is 0 Å². The first-order valence-electron chi connectivity index (χ1n) is 51.3. The van der Waals surface area contributed by atoms with Gasteiger partial charge in [-0.15, -0.1) is 0 Å². The average Bonchev–Trinajstić information content (AvgIpc) is 1.59. The number of esters is 2. The Morgan fingerprint density at radius 3 is 1.23 bits per heavy atom. The van der Waals surface area contributed by atoms with Crippen LogP contribution in [0.3, 0.4) is 0 Å². The third-order valence-electron chi connectivity index (χ3n) is 27.7. The fraction of sp³-hybridized carbons (Fsp3) is 0.930. The molecule has 0 saturated carbocycles. The van der Waals surface area contributed by atoms with E-state index in [0.717, 1.165) is 83.7 Å². The van der Waals surface area contributed by atoms with Gasteiger partial charge in [-0.1, -0.05) is 62.3 Å². The molecule has 834 valence electrons. The summed E-state index contributed by atoms with van der Waals surface area (Å²) in [5, 5.41) is 73.5. The van der Waals surface area contributed by atoms with E-state index in [1.165, 1.54) is 20.8 Å². The number of rotatable bonds is 18. The first-order valence-corrected chi connectivity index (χ1v) is 51.8. The van der Waals surface area contributed by atoms with E-state index in [-0.39, 0.29) is 154 Å². The van der Waals surface area contributed by atoms with Gasteiger partial charge in [0.2, 0.25) is 6.29 Å². The number of fused-ring (bicyclic) bond motifs is 4. The third kappa shape index (κ3) is 36.5. The van der Waals surface area contributed by atoms with Crippen molar-refractivity contribution in [3.8, 4) is 0 Å². The number of ketones is 1. The molecule has 38 atom stereocenters. The zero-order chi connectivity index (χ0) is 107. The summed E-state index contributed by atoms with van der Waals surface area (Å²) < 4.78 is 195. The molecule has 143 heavy (non-hydrogen) atoms. The fourth-order valence-corrected chi connectivity index (χ4v) is 18.8. The van der Waals surface area contributed by atoms with Crippen molar-refractivity contribution in [1.29, 1.82) is 0 Å². The molecule has 8 N–H and O–H groups in total. The summed E-state index contributed by atoms with van der Waals surface area (Å²) >= 11 is 5.28. The number of Topliss-reactive ketones (excluding diaryl/α,β-unsaturated/α-hetero) is 1. The number of aliphatic hydroxyl groups is 8. The minimum atomic E-state index is -1.88. The van der Waals surface area contributed by atoms with Crippen molar-refractivity contribution in [1.82, 2.24) is 9.55 Å². The molecule has 1 aromatic rings. The lowest BCUT2D eigenvalue weighted by atomic mass is 9.95. The molecule has 0 aromatic carbocycles. The maximum absolute atomic E-state index is 13.4. The van der Waals surface area contributed by atoms with Crippen LogP contribution in [-0.4, -0.2) is 374 Å². The molecule has 17 fully saturated rings. The number of thiocarbonyl (C=S) groups is 1. The van der Waals surface area contributed by atoms with E-state index in [0.29, 0.717) is 55.3 Å². The minimum Gasteiger partial charge on any atom is -0.461 e. The highest BCUT2D eigenvalue weighted by atomic mass is 32.1.